The molecule has 3 nitrogen and oxygen atoms in total. The topological polar surface area (TPSA) is 69.1 Å². The first-order valence-electron chi connectivity index (χ1n) is 3.98. The summed E-state index contributed by atoms with van der Waals surface area (Å²) in [4.78, 5) is 10.8. The molecule has 0 aliphatic heterocycles. The molecule has 0 radical (unpaired) electrons. The third-order valence-electron chi connectivity index (χ3n) is 1.76. The van der Waals surface area contributed by atoms with Crippen LogP contribution in [0.2, 0.25) is 0 Å². The van der Waals surface area contributed by atoms with Crippen molar-refractivity contribution in [2.45, 2.75) is 6.42 Å². The van der Waals surface area contributed by atoms with Crippen molar-refractivity contribution >= 4 is 5.91 Å². The maximum Gasteiger partial charge on any atom is 0.246 e. The molecule has 1 aromatic rings. The van der Waals surface area contributed by atoms with E-state index in [2.05, 4.69) is 0 Å². The number of carbonyl (C=O) groups excluding carboxylic acids is 1. The summed E-state index contributed by atoms with van der Waals surface area (Å²) in [7, 11) is 0. The number of amides is 1. The van der Waals surface area contributed by atoms with Crippen molar-refractivity contribution in [2.24, 2.45) is 11.5 Å². The normalized spacial score (nSPS) is 11.2. The Balaban J connectivity index is 2.74. The van der Waals surface area contributed by atoms with E-state index in [4.69, 9.17) is 11.5 Å². The van der Waals surface area contributed by atoms with Crippen molar-refractivity contribution in [3.8, 4) is 0 Å². The lowest BCUT2D eigenvalue weighted by Crippen LogP contribution is -2.16. The van der Waals surface area contributed by atoms with Gasteiger partial charge in [0.2, 0.25) is 5.91 Å². The molecule has 0 atom stereocenters. The average molecular weight is 176 g/mol. The molecule has 0 saturated heterocycles. The second-order valence-corrected chi connectivity index (χ2v) is 2.72. The molecule has 0 unspecified atom stereocenters. The van der Waals surface area contributed by atoms with Crippen LogP contribution in [-0.2, 0) is 11.2 Å². The molecule has 1 rings (SSSR count). The van der Waals surface area contributed by atoms with Crippen LogP contribution in [0.1, 0.15) is 5.56 Å². The van der Waals surface area contributed by atoms with Crippen LogP contribution in [-0.4, -0.2) is 5.91 Å². The van der Waals surface area contributed by atoms with E-state index in [0.717, 1.165) is 5.56 Å². The van der Waals surface area contributed by atoms with Gasteiger partial charge in [-0.1, -0.05) is 30.3 Å². The molecule has 0 bridgehead atoms. The van der Waals surface area contributed by atoms with E-state index in [1.165, 1.54) is 6.20 Å². The Kier molecular flexibility index (Phi) is 3.09. The number of hydrogen-bond acceptors (Lipinski definition) is 2. The van der Waals surface area contributed by atoms with Crippen LogP contribution in [0, 0.1) is 0 Å². The van der Waals surface area contributed by atoms with Crippen molar-refractivity contribution in [1.82, 2.24) is 0 Å². The fourth-order valence-electron chi connectivity index (χ4n) is 1.04. The molecule has 0 saturated carbocycles. The molecule has 0 fully saturated rings. The summed E-state index contributed by atoms with van der Waals surface area (Å²) in [5.41, 5.74) is 11.8. The van der Waals surface area contributed by atoms with E-state index in [9.17, 15) is 4.79 Å². The fraction of sp³-hybridized carbons (Fsp3) is 0.100. The first-order chi connectivity index (χ1) is 6.24. The quantitative estimate of drug-likeness (QED) is 0.660. The Morgan fingerprint density at radius 3 is 2.38 bits per heavy atom. The minimum absolute atomic E-state index is 0.436. The molecule has 0 spiro atoms. The largest absolute Gasteiger partial charge is 0.404 e. The summed E-state index contributed by atoms with van der Waals surface area (Å²) in [5.74, 6) is -0.466. The predicted molar refractivity (Wildman–Crippen MR) is 51.6 cm³/mol. The Bertz CT molecular complexity index is 317. The van der Waals surface area contributed by atoms with Crippen LogP contribution < -0.4 is 11.5 Å². The summed E-state index contributed by atoms with van der Waals surface area (Å²) >= 11 is 0. The average Bonchev–Trinajstić information content (AvgIpc) is 2.15. The Labute approximate surface area is 77.0 Å². The van der Waals surface area contributed by atoms with E-state index in [1.807, 2.05) is 30.3 Å². The lowest BCUT2D eigenvalue weighted by Gasteiger charge is -2.01. The zero-order chi connectivity index (χ0) is 9.68. The van der Waals surface area contributed by atoms with E-state index in [0.29, 0.717) is 12.0 Å². The standard InChI is InChI=1S/C10H12N2O/c11-7-9(10(12)13)6-8-4-2-1-3-5-8/h1-5,7H,6,11H2,(H2,12,13). The lowest BCUT2D eigenvalue weighted by atomic mass is 10.1. The van der Waals surface area contributed by atoms with Crippen LogP contribution in [0.15, 0.2) is 42.1 Å². The highest BCUT2D eigenvalue weighted by atomic mass is 16.1. The predicted octanol–water partition coefficient (Wildman–Crippen LogP) is 0.557. The van der Waals surface area contributed by atoms with Crippen LogP contribution >= 0.6 is 0 Å². The van der Waals surface area contributed by atoms with Crippen molar-refractivity contribution in [2.75, 3.05) is 0 Å². The third kappa shape index (κ3) is 2.63. The number of benzene rings is 1. The number of rotatable bonds is 3. The Hall–Kier alpha value is -1.77. The van der Waals surface area contributed by atoms with Gasteiger partial charge in [0.15, 0.2) is 0 Å². The monoisotopic (exact) mass is 176 g/mol. The molecule has 0 aliphatic rings. The fourth-order valence-corrected chi connectivity index (χ4v) is 1.04. The van der Waals surface area contributed by atoms with Gasteiger partial charge in [0.05, 0.1) is 0 Å². The summed E-state index contributed by atoms with van der Waals surface area (Å²) in [6, 6.07) is 9.58. The summed E-state index contributed by atoms with van der Waals surface area (Å²) < 4.78 is 0. The number of hydrogen-bond donors (Lipinski definition) is 2. The number of primary amides is 1. The van der Waals surface area contributed by atoms with E-state index in [1.54, 1.807) is 0 Å². The molecule has 4 N–H and O–H groups in total. The van der Waals surface area contributed by atoms with Crippen molar-refractivity contribution in [1.29, 1.82) is 0 Å². The lowest BCUT2D eigenvalue weighted by molar-refractivity contribution is -0.114. The van der Waals surface area contributed by atoms with Gasteiger partial charge in [-0.2, -0.15) is 0 Å². The summed E-state index contributed by atoms with van der Waals surface area (Å²) in [6.07, 6.45) is 1.75. The molecule has 0 heterocycles. The molecule has 0 aliphatic carbocycles. The Morgan fingerprint density at radius 2 is 1.92 bits per heavy atom. The minimum Gasteiger partial charge on any atom is -0.404 e. The molecular formula is C10H12N2O. The molecule has 13 heavy (non-hydrogen) atoms. The molecular weight excluding hydrogens is 164 g/mol. The maximum atomic E-state index is 10.8. The van der Waals surface area contributed by atoms with Gasteiger partial charge in [-0.25, -0.2) is 0 Å². The van der Waals surface area contributed by atoms with Gasteiger partial charge in [0.25, 0.3) is 0 Å². The van der Waals surface area contributed by atoms with Crippen molar-refractivity contribution in [3.63, 3.8) is 0 Å². The smallest absolute Gasteiger partial charge is 0.246 e. The molecule has 0 aromatic heterocycles. The van der Waals surface area contributed by atoms with Gasteiger partial charge >= 0.3 is 0 Å². The van der Waals surface area contributed by atoms with Gasteiger partial charge in [0, 0.05) is 18.2 Å². The van der Waals surface area contributed by atoms with E-state index >= 15 is 0 Å². The summed E-state index contributed by atoms with van der Waals surface area (Å²) in [5, 5.41) is 0. The van der Waals surface area contributed by atoms with E-state index in [-0.39, 0.29) is 0 Å². The van der Waals surface area contributed by atoms with Crippen LogP contribution in [0.4, 0.5) is 0 Å². The zero-order valence-corrected chi connectivity index (χ0v) is 7.23. The zero-order valence-electron chi connectivity index (χ0n) is 7.23. The van der Waals surface area contributed by atoms with E-state index < -0.39 is 5.91 Å². The second-order valence-electron chi connectivity index (χ2n) is 2.72. The van der Waals surface area contributed by atoms with Crippen molar-refractivity contribution in [3.05, 3.63) is 47.7 Å². The Morgan fingerprint density at radius 1 is 1.31 bits per heavy atom. The summed E-state index contributed by atoms with van der Waals surface area (Å²) in [6.45, 7) is 0. The van der Waals surface area contributed by atoms with Gasteiger partial charge in [-0.05, 0) is 5.56 Å². The second kappa shape index (κ2) is 4.30. The minimum atomic E-state index is -0.466. The first kappa shape index (κ1) is 9.32. The SMILES string of the molecule is NC=C(Cc1ccccc1)C(N)=O. The molecule has 1 amide bonds. The maximum absolute atomic E-state index is 10.8. The van der Waals surface area contributed by atoms with Gasteiger partial charge in [-0.3, -0.25) is 4.79 Å². The highest BCUT2D eigenvalue weighted by Crippen LogP contribution is 2.05. The van der Waals surface area contributed by atoms with Gasteiger partial charge in [-0.15, -0.1) is 0 Å². The third-order valence-corrected chi connectivity index (χ3v) is 1.76. The van der Waals surface area contributed by atoms with Gasteiger partial charge < -0.3 is 11.5 Å². The van der Waals surface area contributed by atoms with Crippen LogP contribution in [0.3, 0.4) is 0 Å². The highest BCUT2D eigenvalue weighted by molar-refractivity contribution is 5.92. The first-order valence-corrected chi connectivity index (χ1v) is 3.98. The molecule has 1 aromatic carbocycles. The number of nitrogens with two attached hydrogens (primary N) is 2. The number of carbonyl (C=O) groups is 1. The highest BCUT2D eigenvalue weighted by Gasteiger charge is 2.04. The molecule has 68 valence electrons. The van der Waals surface area contributed by atoms with Crippen LogP contribution in [0.5, 0.6) is 0 Å². The van der Waals surface area contributed by atoms with Crippen molar-refractivity contribution < 1.29 is 4.79 Å². The molecule has 3 heteroatoms. The van der Waals surface area contributed by atoms with Crippen LogP contribution in [0.25, 0.3) is 0 Å². The van der Waals surface area contributed by atoms with Gasteiger partial charge in [0.1, 0.15) is 0 Å².